The van der Waals surface area contributed by atoms with E-state index in [1.807, 2.05) is 0 Å². The van der Waals surface area contributed by atoms with Crippen molar-refractivity contribution in [2.75, 3.05) is 0 Å². The Bertz CT molecular complexity index is 928. The number of alkyl halides is 2. The first-order valence-electron chi connectivity index (χ1n) is 7.36. The molecule has 1 aromatic carbocycles. The predicted octanol–water partition coefficient (Wildman–Crippen LogP) is 3.32. The largest absolute Gasteiger partial charge is 0.296 e. The normalized spacial score (nSPS) is 20.5. The van der Waals surface area contributed by atoms with E-state index in [2.05, 4.69) is 4.98 Å². The van der Waals surface area contributed by atoms with Crippen LogP contribution in [-0.2, 0) is 12.0 Å². The van der Waals surface area contributed by atoms with Crippen LogP contribution >= 0.6 is 11.6 Å². The van der Waals surface area contributed by atoms with Crippen molar-refractivity contribution in [2.24, 2.45) is 0 Å². The first-order chi connectivity index (χ1) is 10.7. The van der Waals surface area contributed by atoms with E-state index in [4.69, 9.17) is 11.6 Å². The van der Waals surface area contributed by atoms with Gasteiger partial charge in [-0.25, -0.2) is 13.8 Å². The SMILES string of the molecule is CC(=O)c1cc(Cl)cc2c(=O)n3c(nc12)C1(CC3)CC(F)(F)C1. The van der Waals surface area contributed by atoms with E-state index >= 15 is 0 Å². The summed E-state index contributed by atoms with van der Waals surface area (Å²) in [6.07, 6.45) is -0.105. The molecule has 23 heavy (non-hydrogen) atoms. The second-order valence-corrected chi connectivity index (χ2v) is 6.97. The van der Waals surface area contributed by atoms with Gasteiger partial charge in [0.15, 0.2) is 5.78 Å². The van der Waals surface area contributed by atoms with Crippen molar-refractivity contribution in [1.82, 2.24) is 9.55 Å². The lowest BCUT2D eigenvalue weighted by atomic mass is 9.65. The van der Waals surface area contributed by atoms with Gasteiger partial charge in [0, 0.05) is 35.4 Å². The quantitative estimate of drug-likeness (QED) is 0.749. The molecule has 1 fully saturated rings. The van der Waals surface area contributed by atoms with Crippen LogP contribution in [0.4, 0.5) is 8.78 Å². The fraction of sp³-hybridized carbons (Fsp3) is 0.438. The number of aromatic nitrogens is 2. The fourth-order valence-corrected chi connectivity index (χ4v) is 4.10. The van der Waals surface area contributed by atoms with E-state index in [-0.39, 0.29) is 45.7 Å². The molecule has 1 aromatic heterocycles. The Kier molecular flexibility index (Phi) is 2.81. The van der Waals surface area contributed by atoms with Crippen LogP contribution in [0.2, 0.25) is 5.02 Å². The number of ketones is 1. The average molecular weight is 339 g/mol. The van der Waals surface area contributed by atoms with Crippen molar-refractivity contribution in [3.8, 4) is 0 Å². The molecule has 120 valence electrons. The van der Waals surface area contributed by atoms with Crippen LogP contribution in [0.3, 0.4) is 0 Å². The summed E-state index contributed by atoms with van der Waals surface area (Å²) >= 11 is 6.00. The van der Waals surface area contributed by atoms with E-state index < -0.39 is 11.3 Å². The number of rotatable bonds is 1. The molecule has 1 aliphatic heterocycles. The van der Waals surface area contributed by atoms with Crippen molar-refractivity contribution >= 4 is 28.3 Å². The van der Waals surface area contributed by atoms with Crippen LogP contribution in [0.1, 0.15) is 42.4 Å². The van der Waals surface area contributed by atoms with Crippen LogP contribution in [0.5, 0.6) is 0 Å². The Morgan fingerprint density at radius 2 is 2.04 bits per heavy atom. The highest BCUT2D eigenvalue weighted by Crippen LogP contribution is 2.57. The Morgan fingerprint density at radius 3 is 2.65 bits per heavy atom. The molecule has 1 saturated carbocycles. The molecule has 4 nitrogen and oxygen atoms in total. The van der Waals surface area contributed by atoms with E-state index in [0.717, 1.165) is 0 Å². The minimum atomic E-state index is -2.70. The molecule has 0 unspecified atom stereocenters. The van der Waals surface area contributed by atoms with E-state index in [9.17, 15) is 18.4 Å². The smallest absolute Gasteiger partial charge is 0.261 e. The lowest BCUT2D eigenvalue weighted by Gasteiger charge is -2.43. The van der Waals surface area contributed by atoms with Gasteiger partial charge < -0.3 is 0 Å². The van der Waals surface area contributed by atoms with Crippen molar-refractivity contribution < 1.29 is 13.6 Å². The number of nitrogens with zero attached hydrogens (tertiary/aromatic N) is 2. The maximum atomic E-state index is 13.4. The Hall–Kier alpha value is -1.82. The highest BCUT2D eigenvalue weighted by Gasteiger charge is 2.61. The van der Waals surface area contributed by atoms with Gasteiger partial charge in [-0.1, -0.05) is 11.6 Å². The maximum absolute atomic E-state index is 13.4. The van der Waals surface area contributed by atoms with Gasteiger partial charge in [0.2, 0.25) is 5.92 Å². The van der Waals surface area contributed by atoms with Crippen molar-refractivity contribution in [3.63, 3.8) is 0 Å². The zero-order valence-corrected chi connectivity index (χ0v) is 13.1. The number of halogens is 3. The second-order valence-electron chi connectivity index (χ2n) is 6.54. The molecule has 2 heterocycles. The number of Topliss-reactive ketones (excluding diaryl/α,β-unsaturated/α-hetero) is 1. The molecule has 0 N–H and O–H groups in total. The Morgan fingerprint density at radius 1 is 1.35 bits per heavy atom. The van der Waals surface area contributed by atoms with Crippen LogP contribution in [0.25, 0.3) is 10.9 Å². The first kappa shape index (κ1) is 14.8. The summed E-state index contributed by atoms with van der Waals surface area (Å²) in [7, 11) is 0. The summed E-state index contributed by atoms with van der Waals surface area (Å²) in [5.74, 6) is -2.59. The van der Waals surface area contributed by atoms with Gasteiger partial charge in [0.1, 0.15) is 5.82 Å². The zero-order valence-electron chi connectivity index (χ0n) is 12.3. The number of benzene rings is 1. The molecule has 2 aliphatic rings. The number of fused-ring (bicyclic) bond motifs is 3. The highest BCUT2D eigenvalue weighted by molar-refractivity contribution is 6.32. The lowest BCUT2D eigenvalue weighted by Crippen LogP contribution is -2.49. The summed E-state index contributed by atoms with van der Waals surface area (Å²) in [6, 6.07) is 2.94. The topological polar surface area (TPSA) is 52.0 Å². The van der Waals surface area contributed by atoms with Gasteiger partial charge >= 0.3 is 0 Å². The molecule has 1 aliphatic carbocycles. The monoisotopic (exact) mass is 338 g/mol. The second kappa shape index (κ2) is 4.38. The maximum Gasteiger partial charge on any atom is 0.261 e. The van der Waals surface area contributed by atoms with Crippen molar-refractivity contribution in [3.05, 3.63) is 38.9 Å². The molecular weight excluding hydrogens is 326 g/mol. The predicted molar refractivity (Wildman–Crippen MR) is 81.5 cm³/mol. The highest BCUT2D eigenvalue weighted by atomic mass is 35.5. The minimum Gasteiger partial charge on any atom is -0.296 e. The Labute approximate surface area is 135 Å². The molecule has 4 rings (SSSR count). The van der Waals surface area contributed by atoms with Crippen molar-refractivity contribution in [2.45, 2.75) is 44.1 Å². The van der Waals surface area contributed by atoms with Gasteiger partial charge in [-0.05, 0) is 25.5 Å². The van der Waals surface area contributed by atoms with Gasteiger partial charge in [-0.3, -0.25) is 14.2 Å². The summed E-state index contributed by atoms with van der Waals surface area (Å²) in [5.41, 5.74) is -0.553. The minimum absolute atomic E-state index is 0.251. The summed E-state index contributed by atoms with van der Waals surface area (Å²) in [5, 5.41) is 0.541. The lowest BCUT2D eigenvalue weighted by molar-refractivity contribution is -0.127. The van der Waals surface area contributed by atoms with E-state index in [1.165, 1.54) is 23.6 Å². The van der Waals surface area contributed by atoms with E-state index in [1.54, 1.807) is 0 Å². The third-order valence-electron chi connectivity index (χ3n) is 4.89. The van der Waals surface area contributed by atoms with Gasteiger partial charge in [0.25, 0.3) is 5.56 Å². The third-order valence-corrected chi connectivity index (χ3v) is 5.10. The van der Waals surface area contributed by atoms with Crippen LogP contribution < -0.4 is 5.56 Å². The number of hydrogen-bond donors (Lipinski definition) is 0. The molecule has 0 radical (unpaired) electrons. The molecule has 2 aromatic rings. The fourth-order valence-electron chi connectivity index (χ4n) is 3.88. The zero-order chi connectivity index (χ0) is 16.6. The number of hydrogen-bond acceptors (Lipinski definition) is 3. The molecule has 0 saturated heterocycles. The molecule has 0 bridgehead atoms. The summed E-state index contributed by atoms with van der Waals surface area (Å²) < 4.78 is 28.3. The molecule has 1 spiro atoms. The summed E-state index contributed by atoms with van der Waals surface area (Å²) in [4.78, 5) is 29.0. The molecule has 0 atom stereocenters. The molecular formula is C16H13ClF2N2O2. The average Bonchev–Trinajstić information content (AvgIpc) is 2.77. The molecule has 0 amide bonds. The standard InChI is InChI=1S/C16H13ClF2N2O2/c1-8(22)10-4-9(17)5-11-12(10)20-14-15(6-16(18,19)7-15)2-3-21(14)13(11)23/h4-5H,2-3,6-7H2,1H3. The first-order valence-corrected chi connectivity index (χ1v) is 7.74. The number of carbonyl (C=O) groups excluding carboxylic acids is 1. The van der Waals surface area contributed by atoms with Crippen molar-refractivity contribution in [1.29, 1.82) is 0 Å². The van der Waals surface area contributed by atoms with Gasteiger partial charge in [-0.2, -0.15) is 0 Å². The van der Waals surface area contributed by atoms with Crippen LogP contribution in [0, 0.1) is 0 Å². The number of carbonyl (C=O) groups is 1. The summed E-state index contributed by atoms with van der Waals surface area (Å²) in [6.45, 7) is 1.74. The molecule has 7 heteroatoms. The van der Waals surface area contributed by atoms with Gasteiger partial charge in [0.05, 0.1) is 10.9 Å². The third kappa shape index (κ3) is 1.97. The van der Waals surface area contributed by atoms with Crippen LogP contribution in [0.15, 0.2) is 16.9 Å². The van der Waals surface area contributed by atoms with Crippen LogP contribution in [-0.4, -0.2) is 21.3 Å². The Balaban J connectivity index is 2.02. The van der Waals surface area contributed by atoms with E-state index in [0.29, 0.717) is 18.8 Å². The van der Waals surface area contributed by atoms with Gasteiger partial charge in [-0.15, -0.1) is 0 Å².